The van der Waals surface area contributed by atoms with E-state index in [9.17, 15) is 0 Å². The molecule has 70 valence electrons. The Bertz CT molecular complexity index is 321. The van der Waals surface area contributed by atoms with Gasteiger partial charge in [-0.2, -0.15) is 0 Å². The van der Waals surface area contributed by atoms with E-state index in [2.05, 4.69) is 32.9 Å². The third-order valence-electron chi connectivity index (χ3n) is 3.12. The van der Waals surface area contributed by atoms with E-state index < -0.39 is 0 Å². The Morgan fingerprint density at radius 1 is 1.15 bits per heavy atom. The van der Waals surface area contributed by atoms with Crippen molar-refractivity contribution >= 4 is 0 Å². The highest BCUT2D eigenvalue weighted by Crippen LogP contribution is 2.32. The van der Waals surface area contributed by atoms with Gasteiger partial charge in [-0.25, -0.2) is 0 Å². The Balaban J connectivity index is 2.58. The standard InChI is InChI=1S/C13H18/c1-9(2)13-10(3)7-8-11-5-4-6-12(11)13/h7-9H,4-6H2,1-3H3. The lowest BCUT2D eigenvalue weighted by molar-refractivity contribution is 0.830. The van der Waals surface area contributed by atoms with Crippen LogP contribution in [0.25, 0.3) is 0 Å². The van der Waals surface area contributed by atoms with Crippen molar-refractivity contribution in [2.45, 2.75) is 46.0 Å². The van der Waals surface area contributed by atoms with Gasteiger partial charge in [-0.15, -0.1) is 0 Å². The number of benzene rings is 1. The molecule has 0 atom stereocenters. The van der Waals surface area contributed by atoms with E-state index in [1.54, 1.807) is 16.7 Å². The summed E-state index contributed by atoms with van der Waals surface area (Å²) in [6, 6.07) is 4.61. The molecule has 0 spiro atoms. The number of rotatable bonds is 1. The predicted octanol–water partition coefficient (Wildman–Crippen LogP) is 3.61. The minimum absolute atomic E-state index is 0.688. The van der Waals surface area contributed by atoms with Crippen LogP contribution in [0, 0.1) is 6.92 Å². The molecule has 0 radical (unpaired) electrons. The molecule has 1 aromatic carbocycles. The Kier molecular flexibility index (Phi) is 2.15. The molecule has 1 aliphatic rings. The van der Waals surface area contributed by atoms with Crippen molar-refractivity contribution < 1.29 is 0 Å². The third-order valence-corrected chi connectivity index (χ3v) is 3.12. The summed E-state index contributed by atoms with van der Waals surface area (Å²) in [4.78, 5) is 0. The van der Waals surface area contributed by atoms with E-state index >= 15 is 0 Å². The minimum Gasteiger partial charge on any atom is -0.0587 e. The Morgan fingerprint density at radius 2 is 1.92 bits per heavy atom. The first kappa shape index (κ1) is 8.80. The molecule has 1 aromatic rings. The fourth-order valence-corrected chi connectivity index (χ4v) is 2.62. The first-order valence-corrected chi connectivity index (χ1v) is 5.31. The number of aryl methyl sites for hydroxylation is 2. The highest BCUT2D eigenvalue weighted by molar-refractivity contribution is 5.44. The fourth-order valence-electron chi connectivity index (χ4n) is 2.62. The van der Waals surface area contributed by atoms with Crippen LogP contribution in [0.4, 0.5) is 0 Å². The van der Waals surface area contributed by atoms with E-state index in [0.29, 0.717) is 5.92 Å². The van der Waals surface area contributed by atoms with Gasteiger partial charge < -0.3 is 0 Å². The molecule has 0 heteroatoms. The summed E-state index contributed by atoms with van der Waals surface area (Å²) in [6.45, 7) is 6.86. The number of hydrogen-bond acceptors (Lipinski definition) is 0. The molecule has 0 saturated carbocycles. The molecule has 0 aromatic heterocycles. The van der Waals surface area contributed by atoms with Crippen LogP contribution in [0.1, 0.15) is 48.4 Å². The van der Waals surface area contributed by atoms with Crippen molar-refractivity contribution in [3.8, 4) is 0 Å². The van der Waals surface area contributed by atoms with Gasteiger partial charge in [0.15, 0.2) is 0 Å². The molecular weight excluding hydrogens is 156 g/mol. The number of fused-ring (bicyclic) bond motifs is 1. The van der Waals surface area contributed by atoms with Crippen LogP contribution >= 0.6 is 0 Å². The summed E-state index contributed by atoms with van der Waals surface area (Å²) >= 11 is 0. The van der Waals surface area contributed by atoms with Crippen molar-refractivity contribution in [1.29, 1.82) is 0 Å². The van der Waals surface area contributed by atoms with E-state index in [-0.39, 0.29) is 0 Å². The summed E-state index contributed by atoms with van der Waals surface area (Å²) in [6.07, 6.45) is 3.97. The molecule has 0 aliphatic heterocycles. The lowest BCUT2D eigenvalue weighted by Crippen LogP contribution is -1.98. The fraction of sp³-hybridized carbons (Fsp3) is 0.538. The minimum atomic E-state index is 0.688. The molecule has 0 nitrogen and oxygen atoms in total. The van der Waals surface area contributed by atoms with Gasteiger partial charge in [-0.3, -0.25) is 0 Å². The second-order valence-corrected chi connectivity index (χ2v) is 4.44. The van der Waals surface area contributed by atoms with Crippen LogP contribution < -0.4 is 0 Å². The second-order valence-electron chi connectivity index (χ2n) is 4.44. The maximum absolute atomic E-state index is 2.32. The predicted molar refractivity (Wildman–Crippen MR) is 57.3 cm³/mol. The Hall–Kier alpha value is -0.780. The van der Waals surface area contributed by atoms with Crippen molar-refractivity contribution in [1.82, 2.24) is 0 Å². The quantitative estimate of drug-likeness (QED) is 0.610. The maximum atomic E-state index is 2.32. The van der Waals surface area contributed by atoms with E-state index in [4.69, 9.17) is 0 Å². The monoisotopic (exact) mass is 174 g/mol. The van der Waals surface area contributed by atoms with Crippen LogP contribution in [0.15, 0.2) is 12.1 Å². The van der Waals surface area contributed by atoms with E-state index in [1.807, 2.05) is 0 Å². The first-order valence-electron chi connectivity index (χ1n) is 5.31. The molecule has 0 fully saturated rings. The topological polar surface area (TPSA) is 0 Å². The second kappa shape index (κ2) is 3.17. The summed E-state index contributed by atoms with van der Waals surface area (Å²) in [5.41, 5.74) is 6.37. The molecule has 0 N–H and O–H groups in total. The van der Waals surface area contributed by atoms with Gasteiger partial charge in [0.05, 0.1) is 0 Å². The zero-order valence-electron chi connectivity index (χ0n) is 8.85. The van der Waals surface area contributed by atoms with Crippen molar-refractivity contribution in [2.24, 2.45) is 0 Å². The summed E-state index contributed by atoms with van der Waals surface area (Å²) in [5, 5.41) is 0. The molecular formula is C13H18. The van der Waals surface area contributed by atoms with Crippen LogP contribution in [-0.2, 0) is 12.8 Å². The van der Waals surface area contributed by atoms with Gasteiger partial charge in [0, 0.05) is 0 Å². The summed E-state index contributed by atoms with van der Waals surface area (Å²) in [7, 11) is 0. The molecule has 0 bridgehead atoms. The van der Waals surface area contributed by atoms with Gasteiger partial charge in [0.2, 0.25) is 0 Å². The average molecular weight is 174 g/mol. The molecule has 0 heterocycles. The normalized spacial score (nSPS) is 15.1. The van der Waals surface area contributed by atoms with Gasteiger partial charge in [0.1, 0.15) is 0 Å². The van der Waals surface area contributed by atoms with E-state index in [1.165, 1.54) is 24.8 Å². The first-order chi connectivity index (χ1) is 6.20. The molecule has 2 rings (SSSR count). The largest absolute Gasteiger partial charge is 0.0587 e. The smallest absolute Gasteiger partial charge is 0.0213 e. The molecule has 0 saturated heterocycles. The molecule has 0 unspecified atom stereocenters. The summed E-state index contributed by atoms with van der Waals surface area (Å²) < 4.78 is 0. The van der Waals surface area contributed by atoms with Gasteiger partial charge in [0.25, 0.3) is 0 Å². The Labute approximate surface area is 81.0 Å². The molecule has 13 heavy (non-hydrogen) atoms. The van der Waals surface area contributed by atoms with Crippen LogP contribution in [-0.4, -0.2) is 0 Å². The lowest BCUT2D eigenvalue weighted by Gasteiger charge is -2.15. The SMILES string of the molecule is Cc1ccc2c(c1C(C)C)CCC2. The van der Waals surface area contributed by atoms with Crippen LogP contribution in [0.3, 0.4) is 0 Å². The van der Waals surface area contributed by atoms with Crippen molar-refractivity contribution in [3.05, 3.63) is 34.4 Å². The third kappa shape index (κ3) is 1.39. The van der Waals surface area contributed by atoms with Gasteiger partial charge in [-0.05, 0) is 54.4 Å². The van der Waals surface area contributed by atoms with Gasteiger partial charge in [-0.1, -0.05) is 26.0 Å². The van der Waals surface area contributed by atoms with Crippen LogP contribution in [0.5, 0.6) is 0 Å². The van der Waals surface area contributed by atoms with E-state index in [0.717, 1.165) is 0 Å². The molecule has 0 amide bonds. The highest BCUT2D eigenvalue weighted by Gasteiger charge is 2.17. The van der Waals surface area contributed by atoms with Crippen LogP contribution in [0.2, 0.25) is 0 Å². The zero-order valence-corrected chi connectivity index (χ0v) is 8.85. The summed E-state index contributed by atoms with van der Waals surface area (Å²) in [5.74, 6) is 0.688. The zero-order chi connectivity index (χ0) is 9.42. The average Bonchev–Trinajstić information content (AvgIpc) is 2.50. The van der Waals surface area contributed by atoms with Gasteiger partial charge >= 0.3 is 0 Å². The van der Waals surface area contributed by atoms with Crippen molar-refractivity contribution in [3.63, 3.8) is 0 Å². The molecule has 1 aliphatic carbocycles. The highest BCUT2D eigenvalue weighted by atomic mass is 14.2. The number of hydrogen-bond donors (Lipinski definition) is 0. The Morgan fingerprint density at radius 3 is 2.62 bits per heavy atom. The lowest BCUT2D eigenvalue weighted by atomic mass is 9.90. The van der Waals surface area contributed by atoms with Crippen molar-refractivity contribution in [2.75, 3.05) is 0 Å². The maximum Gasteiger partial charge on any atom is -0.0213 e.